The Morgan fingerprint density at radius 1 is 1.30 bits per heavy atom. The number of benzene rings is 1. The fraction of sp³-hybridized carbons (Fsp3) is 0.429. The van der Waals surface area contributed by atoms with E-state index in [1.165, 1.54) is 0 Å². The third-order valence-corrected chi connectivity index (χ3v) is 4.57. The highest BCUT2D eigenvalue weighted by Gasteiger charge is 2.42. The van der Waals surface area contributed by atoms with Gasteiger partial charge in [-0.05, 0) is 30.5 Å². The third-order valence-electron chi connectivity index (χ3n) is 3.99. The molecule has 1 saturated carbocycles. The molecule has 20 heavy (non-hydrogen) atoms. The molecule has 1 heterocycles. The van der Waals surface area contributed by atoms with Crippen LogP contribution in [0, 0.1) is 0 Å². The monoisotopic (exact) mass is 311 g/mol. The van der Waals surface area contributed by atoms with Crippen molar-refractivity contribution < 1.29 is 4.52 Å². The number of nitrogens with two attached hydrogens (primary N) is 1. The second kappa shape index (κ2) is 5.35. The van der Waals surface area contributed by atoms with Crippen molar-refractivity contribution in [2.45, 2.75) is 31.1 Å². The number of hydrogen-bond acceptors (Lipinski definition) is 4. The SMILES string of the molecule is NCC1(c2nc(Cc3ccc(Cl)cc3Cl)no2)CCC1. The van der Waals surface area contributed by atoms with Gasteiger partial charge in [0.1, 0.15) is 0 Å². The van der Waals surface area contributed by atoms with Crippen molar-refractivity contribution >= 4 is 23.2 Å². The summed E-state index contributed by atoms with van der Waals surface area (Å²) >= 11 is 12.0. The topological polar surface area (TPSA) is 64.9 Å². The molecule has 1 aliphatic rings. The van der Waals surface area contributed by atoms with Crippen molar-refractivity contribution in [1.82, 2.24) is 10.1 Å². The van der Waals surface area contributed by atoms with Gasteiger partial charge in [-0.25, -0.2) is 0 Å². The van der Waals surface area contributed by atoms with E-state index in [4.69, 9.17) is 33.5 Å². The van der Waals surface area contributed by atoms with Crippen LogP contribution in [0.15, 0.2) is 22.7 Å². The summed E-state index contributed by atoms with van der Waals surface area (Å²) in [6, 6.07) is 5.40. The summed E-state index contributed by atoms with van der Waals surface area (Å²) in [5.41, 5.74) is 6.67. The highest BCUT2D eigenvalue weighted by molar-refractivity contribution is 6.35. The molecule has 0 unspecified atom stereocenters. The fourth-order valence-electron chi connectivity index (χ4n) is 2.49. The summed E-state index contributed by atoms with van der Waals surface area (Å²) < 4.78 is 5.39. The minimum atomic E-state index is -0.102. The summed E-state index contributed by atoms with van der Waals surface area (Å²) in [6.07, 6.45) is 3.73. The Kier molecular flexibility index (Phi) is 3.71. The minimum absolute atomic E-state index is 0.102. The van der Waals surface area contributed by atoms with Gasteiger partial charge in [0.15, 0.2) is 5.82 Å². The lowest BCUT2D eigenvalue weighted by atomic mass is 9.69. The van der Waals surface area contributed by atoms with E-state index in [2.05, 4.69) is 10.1 Å². The molecule has 0 atom stereocenters. The van der Waals surface area contributed by atoms with Gasteiger partial charge >= 0.3 is 0 Å². The van der Waals surface area contributed by atoms with Crippen LogP contribution in [0.3, 0.4) is 0 Å². The van der Waals surface area contributed by atoms with Crippen LogP contribution in [0.25, 0.3) is 0 Å². The van der Waals surface area contributed by atoms with Crippen molar-refractivity contribution in [2.75, 3.05) is 6.54 Å². The number of aromatic nitrogens is 2. The normalized spacial score (nSPS) is 16.9. The molecular formula is C14H15Cl2N3O. The zero-order valence-electron chi connectivity index (χ0n) is 10.9. The maximum absolute atomic E-state index is 6.15. The van der Waals surface area contributed by atoms with E-state index < -0.39 is 0 Å². The summed E-state index contributed by atoms with van der Waals surface area (Å²) in [6.45, 7) is 0.552. The van der Waals surface area contributed by atoms with E-state index in [1.807, 2.05) is 6.07 Å². The average molecular weight is 312 g/mol. The van der Waals surface area contributed by atoms with E-state index in [0.717, 1.165) is 24.8 Å². The molecule has 0 amide bonds. The lowest BCUT2D eigenvalue weighted by Gasteiger charge is -2.36. The molecular weight excluding hydrogens is 297 g/mol. The van der Waals surface area contributed by atoms with Gasteiger partial charge in [0, 0.05) is 23.0 Å². The zero-order valence-corrected chi connectivity index (χ0v) is 12.4. The Labute approximate surface area is 127 Å². The van der Waals surface area contributed by atoms with Crippen molar-refractivity contribution in [3.8, 4) is 0 Å². The fourth-order valence-corrected chi connectivity index (χ4v) is 2.96. The first-order valence-corrected chi connectivity index (χ1v) is 7.36. The van der Waals surface area contributed by atoms with Gasteiger partial charge < -0.3 is 10.3 Å². The van der Waals surface area contributed by atoms with Crippen molar-refractivity contribution in [3.05, 3.63) is 45.5 Å². The van der Waals surface area contributed by atoms with E-state index in [9.17, 15) is 0 Å². The van der Waals surface area contributed by atoms with Crippen LogP contribution in [0.1, 0.15) is 36.5 Å². The predicted molar refractivity (Wildman–Crippen MR) is 78.1 cm³/mol. The van der Waals surface area contributed by atoms with Gasteiger partial charge in [0.25, 0.3) is 0 Å². The Hall–Kier alpha value is -1.10. The number of nitrogens with zero attached hydrogens (tertiary/aromatic N) is 2. The molecule has 0 bridgehead atoms. The number of hydrogen-bond donors (Lipinski definition) is 1. The van der Waals surface area contributed by atoms with Gasteiger partial charge in [-0.2, -0.15) is 4.98 Å². The number of rotatable bonds is 4. The predicted octanol–water partition coefficient (Wildman–Crippen LogP) is 3.35. The summed E-state index contributed by atoms with van der Waals surface area (Å²) in [5.74, 6) is 1.29. The smallest absolute Gasteiger partial charge is 0.234 e. The van der Waals surface area contributed by atoms with E-state index >= 15 is 0 Å². The molecule has 6 heteroatoms. The molecule has 0 spiro atoms. The standard InChI is InChI=1S/C14H15Cl2N3O/c15-10-3-2-9(11(16)7-10)6-12-18-13(20-19-12)14(8-17)4-1-5-14/h2-3,7H,1,4-6,8,17H2. The summed E-state index contributed by atoms with van der Waals surface area (Å²) in [4.78, 5) is 4.48. The molecule has 1 aromatic heterocycles. The summed E-state index contributed by atoms with van der Waals surface area (Å²) in [7, 11) is 0. The molecule has 3 rings (SSSR count). The quantitative estimate of drug-likeness (QED) is 0.940. The molecule has 1 aliphatic carbocycles. The summed E-state index contributed by atoms with van der Waals surface area (Å²) in [5, 5.41) is 5.26. The first-order chi connectivity index (χ1) is 9.63. The van der Waals surface area contributed by atoms with E-state index in [-0.39, 0.29) is 5.41 Å². The van der Waals surface area contributed by atoms with Crippen LogP contribution < -0.4 is 5.73 Å². The average Bonchev–Trinajstić information content (AvgIpc) is 2.81. The largest absolute Gasteiger partial charge is 0.339 e. The highest BCUT2D eigenvalue weighted by atomic mass is 35.5. The first-order valence-electron chi connectivity index (χ1n) is 6.60. The molecule has 4 nitrogen and oxygen atoms in total. The Morgan fingerprint density at radius 2 is 2.10 bits per heavy atom. The Morgan fingerprint density at radius 3 is 2.70 bits per heavy atom. The van der Waals surface area contributed by atoms with Gasteiger partial charge in [-0.3, -0.25) is 0 Å². The molecule has 1 aromatic carbocycles. The molecule has 0 radical (unpaired) electrons. The van der Waals surface area contributed by atoms with Crippen molar-refractivity contribution in [1.29, 1.82) is 0 Å². The van der Waals surface area contributed by atoms with Crippen LogP contribution >= 0.6 is 23.2 Å². The second-order valence-corrected chi connectivity index (χ2v) is 6.11. The Balaban J connectivity index is 1.80. The first kappa shape index (κ1) is 13.9. The maximum Gasteiger partial charge on any atom is 0.234 e. The van der Waals surface area contributed by atoms with Crippen LogP contribution in [0.4, 0.5) is 0 Å². The molecule has 0 aliphatic heterocycles. The van der Waals surface area contributed by atoms with Gasteiger partial charge in [0.2, 0.25) is 5.89 Å². The molecule has 1 fully saturated rings. The van der Waals surface area contributed by atoms with E-state index in [0.29, 0.717) is 34.7 Å². The lowest BCUT2D eigenvalue weighted by Crippen LogP contribution is -2.41. The van der Waals surface area contributed by atoms with Gasteiger partial charge in [0.05, 0.1) is 5.41 Å². The van der Waals surface area contributed by atoms with Crippen molar-refractivity contribution in [3.63, 3.8) is 0 Å². The third kappa shape index (κ3) is 2.43. The minimum Gasteiger partial charge on any atom is -0.339 e. The van der Waals surface area contributed by atoms with Crippen LogP contribution in [-0.4, -0.2) is 16.7 Å². The van der Waals surface area contributed by atoms with Crippen LogP contribution in [0.2, 0.25) is 10.0 Å². The maximum atomic E-state index is 6.15. The number of halogens is 2. The molecule has 0 saturated heterocycles. The second-order valence-electron chi connectivity index (χ2n) is 5.27. The zero-order chi connectivity index (χ0) is 14.2. The van der Waals surface area contributed by atoms with Crippen LogP contribution in [0.5, 0.6) is 0 Å². The lowest BCUT2D eigenvalue weighted by molar-refractivity contribution is 0.181. The molecule has 106 valence electrons. The highest BCUT2D eigenvalue weighted by Crippen LogP contribution is 2.42. The van der Waals surface area contributed by atoms with Gasteiger partial charge in [-0.15, -0.1) is 0 Å². The van der Waals surface area contributed by atoms with Gasteiger partial charge in [-0.1, -0.05) is 40.8 Å². The molecule has 2 N–H and O–H groups in total. The van der Waals surface area contributed by atoms with Crippen molar-refractivity contribution in [2.24, 2.45) is 5.73 Å². The Bertz CT molecular complexity index is 617. The molecule has 2 aromatic rings. The van der Waals surface area contributed by atoms with Crippen LogP contribution in [-0.2, 0) is 11.8 Å². The van der Waals surface area contributed by atoms with E-state index in [1.54, 1.807) is 12.1 Å².